The minimum atomic E-state index is -1.04. The maximum Gasteiger partial charge on any atom is 0.137 e. The van der Waals surface area contributed by atoms with E-state index in [0.29, 0.717) is 16.7 Å². The minimum Gasteiger partial charge on any atom is -0.384 e. The van der Waals surface area contributed by atoms with Gasteiger partial charge in [-0.1, -0.05) is 17.7 Å². The summed E-state index contributed by atoms with van der Waals surface area (Å²) in [5.41, 5.74) is 1.25. The molecule has 2 rings (SSSR count). The van der Waals surface area contributed by atoms with E-state index in [-0.39, 0.29) is 9.50 Å². The van der Waals surface area contributed by atoms with Crippen LogP contribution in [-0.4, -0.2) is 5.11 Å². The van der Waals surface area contributed by atoms with Crippen LogP contribution in [0.15, 0.2) is 34.8 Å². The average Bonchev–Trinajstić information content (AvgIpc) is 2.36. The van der Waals surface area contributed by atoms with Crippen LogP contribution in [0, 0.1) is 18.6 Å². The van der Waals surface area contributed by atoms with Gasteiger partial charge in [0.25, 0.3) is 0 Å². The molecule has 0 aromatic heterocycles. The zero-order chi connectivity index (χ0) is 14.2. The Balaban J connectivity index is 2.46. The molecule has 0 radical (unpaired) electrons. The van der Waals surface area contributed by atoms with Crippen LogP contribution in [0.4, 0.5) is 8.78 Å². The summed E-state index contributed by atoms with van der Waals surface area (Å²) in [5, 5.41) is 10.4. The molecule has 5 heteroatoms. The van der Waals surface area contributed by atoms with Gasteiger partial charge >= 0.3 is 0 Å². The average molecular weight is 348 g/mol. The first-order chi connectivity index (χ1) is 8.90. The molecule has 1 unspecified atom stereocenters. The molecule has 100 valence electrons. The molecular formula is C14H10BrClF2O. The molecule has 0 saturated heterocycles. The molecule has 0 aliphatic carbocycles. The van der Waals surface area contributed by atoms with E-state index in [0.717, 1.165) is 6.07 Å². The van der Waals surface area contributed by atoms with E-state index in [2.05, 4.69) is 15.9 Å². The number of aryl methyl sites for hydroxylation is 1. The fourth-order valence-corrected chi connectivity index (χ4v) is 2.40. The van der Waals surface area contributed by atoms with Gasteiger partial charge in [0.05, 0.1) is 4.47 Å². The van der Waals surface area contributed by atoms with Crippen molar-refractivity contribution in [1.29, 1.82) is 0 Å². The number of hydrogen-bond acceptors (Lipinski definition) is 1. The fraction of sp³-hybridized carbons (Fsp3) is 0.143. The van der Waals surface area contributed by atoms with Crippen LogP contribution < -0.4 is 0 Å². The lowest BCUT2D eigenvalue weighted by atomic mass is 9.99. The molecule has 2 aromatic rings. The highest BCUT2D eigenvalue weighted by Crippen LogP contribution is 2.31. The SMILES string of the molecule is Cc1cc(C(O)c2ccc(F)c(Br)c2)c(Cl)cc1F. The van der Waals surface area contributed by atoms with Crippen molar-refractivity contribution in [2.45, 2.75) is 13.0 Å². The monoisotopic (exact) mass is 346 g/mol. The maximum atomic E-state index is 13.3. The summed E-state index contributed by atoms with van der Waals surface area (Å²) in [6.45, 7) is 1.59. The Hall–Kier alpha value is -0.970. The third-order valence-electron chi connectivity index (χ3n) is 2.83. The van der Waals surface area contributed by atoms with Crippen LogP contribution in [0.3, 0.4) is 0 Å². The lowest BCUT2D eigenvalue weighted by Crippen LogP contribution is -2.02. The molecule has 1 N–H and O–H groups in total. The summed E-state index contributed by atoms with van der Waals surface area (Å²) in [6, 6.07) is 6.81. The molecule has 0 aliphatic rings. The Kier molecular flexibility index (Phi) is 4.23. The fourth-order valence-electron chi connectivity index (χ4n) is 1.75. The zero-order valence-corrected chi connectivity index (χ0v) is 12.3. The second kappa shape index (κ2) is 5.57. The molecule has 0 bridgehead atoms. The van der Waals surface area contributed by atoms with Gasteiger partial charge < -0.3 is 5.11 Å². The topological polar surface area (TPSA) is 20.2 Å². The molecule has 0 amide bonds. The van der Waals surface area contributed by atoms with Crippen LogP contribution in [0.1, 0.15) is 22.8 Å². The maximum absolute atomic E-state index is 13.3. The van der Waals surface area contributed by atoms with Crippen molar-refractivity contribution in [3.63, 3.8) is 0 Å². The Labute approximate surface area is 123 Å². The first-order valence-electron chi connectivity index (χ1n) is 5.48. The minimum absolute atomic E-state index is 0.135. The third kappa shape index (κ3) is 2.96. The lowest BCUT2D eigenvalue weighted by molar-refractivity contribution is 0.220. The predicted molar refractivity (Wildman–Crippen MR) is 74.3 cm³/mol. The molecular weight excluding hydrogens is 338 g/mol. The number of aliphatic hydroxyl groups is 1. The Morgan fingerprint density at radius 1 is 1.16 bits per heavy atom. The third-order valence-corrected chi connectivity index (χ3v) is 3.77. The summed E-state index contributed by atoms with van der Waals surface area (Å²) in [5.74, 6) is -0.849. The number of aliphatic hydroxyl groups excluding tert-OH is 1. The van der Waals surface area contributed by atoms with Crippen molar-refractivity contribution in [1.82, 2.24) is 0 Å². The van der Waals surface area contributed by atoms with Gasteiger partial charge in [0, 0.05) is 10.6 Å². The van der Waals surface area contributed by atoms with Gasteiger partial charge in [0.1, 0.15) is 17.7 Å². The Bertz CT molecular complexity index is 631. The molecule has 19 heavy (non-hydrogen) atoms. The van der Waals surface area contributed by atoms with Crippen molar-refractivity contribution >= 4 is 27.5 Å². The first-order valence-corrected chi connectivity index (χ1v) is 6.66. The number of benzene rings is 2. The summed E-state index contributed by atoms with van der Waals surface area (Å²) in [6.07, 6.45) is -1.04. The van der Waals surface area contributed by atoms with E-state index < -0.39 is 17.7 Å². The van der Waals surface area contributed by atoms with E-state index in [4.69, 9.17) is 11.6 Å². The normalized spacial score (nSPS) is 12.5. The predicted octanol–water partition coefficient (Wildman–Crippen LogP) is 4.77. The number of halogens is 4. The molecule has 1 nitrogen and oxygen atoms in total. The molecule has 0 spiro atoms. The first kappa shape index (κ1) is 14.4. The molecule has 0 aliphatic heterocycles. The van der Waals surface area contributed by atoms with E-state index in [1.807, 2.05) is 0 Å². The van der Waals surface area contributed by atoms with Crippen molar-refractivity contribution in [2.75, 3.05) is 0 Å². The van der Waals surface area contributed by atoms with Crippen LogP contribution in [-0.2, 0) is 0 Å². The molecule has 1 atom stereocenters. The molecule has 0 saturated carbocycles. The molecule has 0 fully saturated rings. The molecule has 2 aromatic carbocycles. The van der Waals surface area contributed by atoms with Crippen LogP contribution in [0.5, 0.6) is 0 Å². The smallest absolute Gasteiger partial charge is 0.137 e. The van der Waals surface area contributed by atoms with Gasteiger partial charge in [-0.25, -0.2) is 8.78 Å². The number of hydrogen-bond donors (Lipinski definition) is 1. The van der Waals surface area contributed by atoms with Crippen LogP contribution >= 0.6 is 27.5 Å². The second-order valence-electron chi connectivity index (χ2n) is 4.20. The lowest BCUT2D eigenvalue weighted by Gasteiger charge is -2.15. The van der Waals surface area contributed by atoms with Gasteiger partial charge in [0.2, 0.25) is 0 Å². The Morgan fingerprint density at radius 2 is 1.84 bits per heavy atom. The van der Waals surface area contributed by atoms with Crippen molar-refractivity contribution in [3.05, 3.63) is 68.2 Å². The van der Waals surface area contributed by atoms with Gasteiger partial charge in [0.15, 0.2) is 0 Å². The highest BCUT2D eigenvalue weighted by atomic mass is 79.9. The summed E-state index contributed by atoms with van der Waals surface area (Å²) in [4.78, 5) is 0. The quantitative estimate of drug-likeness (QED) is 0.829. The summed E-state index contributed by atoms with van der Waals surface area (Å²) in [7, 11) is 0. The van der Waals surface area contributed by atoms with Crippen molar-refractivity contribution < 1.29 is 13.9 Å². The van der Waals surface area contributed by atoms with Gasteiger partial charge in [-0.3, -0.25) is 0 Å². The highest BCUT2D eigenvalue weighted by molar-refractivity contribution is 9.10. The van der Waals surface area contributed by atoms with Crippen LogP contribution in [0.25, 0.3) is 0 Å². The molecule has 0 heterocycles. The van der Waals surface area contributed by atoms with Gasteiger partial charge in [-0.05, 0) is 58.2 Å². The van der Waals surface area contributed by atoms with E-state index >= 15 is 0 Å². The second-order valence-corrected chi connectivity index (χ2v) is 5.46. The van der Waals surface area contributed by atoms with E-state index in [1.165, 1.54) is 24.3 Å². The largest absolute Gasteiger partial charge is 0.384 e. The van der Waals surface area contributed by atoms with Crippen molar-refractivity contribution in [2.24, 2.45) is 0 Å². The van der Waals surface area contributed by atoms with Crippen LogP contribution in [0.2, 0.25) is 5.02 Å². The highest BCUT2D eigenvalue weighted by Gasteiger charge is 2.17. The van der Waals surface area contributed by atoms with E-state index in [1.54, 1.807) is 6.92 Å². The number of rotatable bonds is 2. The summed E-state index contributed by atoms with van der Waals surface area (Å²) < 4.78 is 26.7. The summed E-state index contributed by atoms with van der Waals surface area (Å²) >= 11 is 8.98. The van der Waals surface area contributed by atoms with E-state index in [9.17, 15) is 13.9 Å². The van der Waals surface area contributed by atoms with Crippen molar-refractivity contribution in [3.8, 4) is 0 Å². The van der Waals surface area contributed by atoms with Gasteiger partial charge in [-0.15, -0.1) is 0 Å². The Morgan fingerprint density at radius 3 is 2.47 bits per heavy atom. The van der Waals surface area contributed by atoms with Gasteiger partial charge in [-0.2, -0.15) is 0 Å². The zero-order valence-electron chi connectivity index (χ0n) is 9.92. The standard InChI is InChI=1S/C14H10BrClF2O/c1-7-4-9(11(16)6-13(7)18)14(19)8-2-3-12(17)10(15)5-8/h2-6,14,19H,1H3.